The van der Waals surface area contributed by atoms with Crippen LogP contribution in [0.15, 0.2) is 396 Å². The van der Waals surface area contributed by atoms with E-state index in [1.807, 2.05) is 29.6 Å². The van der Waals surface area contributed by atoms with E-state index in [1.54, 1.807) is 0 Å². The van der Waals surface area contributed by atoms with Crippen molar-refractivity contribution in [2.45, 2.75) is 30.4 Å². The highest BCUT2D eigenvalue weighted by Gasteiger charge is 2.52. The van der Waals surface area contributed by atoms with Gasteiger partial charge >= 0.3 is 0 Å². The Morgan fingerprint density at radius 2 is 0.693 bits per heavy atom. The van der Waals surface area contributed by atoms with Gasteiger partial charge in [0.1, 0.15) is 0 Å². The van der Waals surface area contributed by atoms with Crippen LogP contribution in [0.25, 0.3) is 166 Å². The van der Waals surface area contributed by atoms with E-state index in [9.17, 15) is 0 Å². The molecule has 0 atom stereocenters. The number of aromatic nitrogens is 6. The van der Waals surface area contributed by atoms with E-state index in [2.05, 4.69) is 379 Å². The third kappa shape index (κ3) is 8.94. The summed E-state index contributed by atoms with van der Waals surface area (Å²) in [6.45, 7) is 0. The van der Waals surface area contributed by atoms with Crippen LogP contribution in [0.4, 0.5) is 0 Å². The Labute approximate surface area is 665 Å². The topological polar surface area (TPSA) is 61.4 Å². The molecule has 21 aromatic rings. The fourth-order valence-electron chi connectivity index (χ4n) is 20.1. The Balaban J connectivity index is 0.695. The van der Waals surface area contributed by atoms with Crippen molar-refractivity contribution in [2.75, 3.05) is 0 Å². The molecule has 114 heavy (non-hydrogen) atoms. The molecular formula is C106H62N6S2. The third-order valence-corrected chi connectivity index (χ3v) is 27.1. The minimum atomic E-state index is -0.593. The van der Waals surface area contributed by atoms with E-state index in [1.165, 1.54) is 124 Å². The van der Waals surface area contributed by atoms with Crippen molar-refractivity contribution >= 4 is 99.6 Å². The Hall–Kier alpha value is -14.0. The van der Waals surface area contributed by atoms with Gasteiger partial charge in [-0.25, -0.2) is 19.9 Å². The number of nitrogens with zero attached hydrogens (tertiary/aromatic N) is 6. The summed E-state index contributed by atoms with van der Waals surface area (Å²) < 4.78 is 4.89. The lowest BCUT2D eigenvalue weighted by Crippen LogP contribution is -2.32. The maximum atomic E-state index is 5.89. The lowest BCUT2D eigenvalue weighted by molar-refractivity contribution is 0.723. The van der Waals surface area contributed by atoms with Crippen molar-refractivity contribution in [1.82, 2.24) is 29.1 Å². The summed E-state index contributed by atoms with van der Waals surface area (Å²) >= 11 is 3.78. The Morgan fingerprint density at radius 3 is 1.32 bits per heavy atom. The maximum Gasteiger partial charge on any atom is 0.235 e. The highest BCUT2D eigenvalue weighted by Crippen LogP contribution is 2.65. The van der Waals surface area contributed by atoms with Gasteiger partial charge in [0, 0.05) is 74.5 Å². The Morgan fingerprint density at radius 1 is 0.237 bits per heavy atom. The van der Waals surface area contributed by atoms with E-state index in [-0.39, 0.29) is 0 Å². The first-order chi connectivity index (χ1) is 56.5. The van der Waals surface area contributed by atoms with Crippen LogP contribution in [0.2, 0.25) is 0 Å². The molecule has 0 amide bonds. The zero-order chi connectivity index (χ0) is 74.5. The number of hydrogen-bond donors (Lipinski definition) is 0. The highest BCUT2D eigenvalue weighted by atomic mass is 32.2. The van der Waals surface area contributed by atoms with Crippen LogP contribution in [-0.2, 0) is 10.8 Å². The van der Waals surface area contributed by atoms with Gasteiger partial charge in [0.05, 0.1) is 55.5 Å². The zero-order valence-corrected chi connectivity index (χ0v) is 62.9. The fraction of sp³-hybridized carbons (Fsp3) is 0.0189. The second kappa shape index (κ2) is 24.2. The summed E-state index contributed by atoms with van der Waals surface area (Å²) in [5, 5.41) is 10.4. The molecule has 0 bridgehead atoms. The molecule has 0 saturated heterocycles. The summed E-state index contributed by atoms with van der Waals surface area (Å²) in [5.41, 5.74) is 29.3. The molecule has 2 aliphatic heterocycles. The zero-order valence-electron chi connectivity index (χ0n) is 61.3. The van der Waals surface area contributed by atoms with Gasteiger partial charge in [0.2, 0.25) is 5.95 Å². The second-order valence-electron chi connectivity index (χ2n) is 30.6. The predicted molar refractivity (Wildman–Crippen MR) is 469 cm³/mol. The molecule has 528 valence electrons. The maximum absolute atomic E-state index is 5.89. The lowest BCUT2D eigenvalue weighted by Gasteiger charge is -2.39. The number of hydrogen-bond acceptors (Lipinski definition) is 6. The first-order valence-corrected chi connectivity index (χ1v) is 40.6. The molecule has 25 rings (SSSR count). The summed E-state index contributed by atoms with van der Waals surface area (Å²) in [6, 6.07) is 139. The molecule has 0 fully saturated rings. The van der Waals surface area contributed by atoms with Crippen molar-refractivity contribution in [2.24, 2.45) is 0 Å². The molecule has 6 heterocycles. The normalized spacial score (nSPS) is 13.7. The number of fused-ring (bicyclic) bond motifs is 29. The molecule has 4 aromatic heterocycles. The number of benzene rings is 17. The van der Waals surface area contributed by atoms with Crippen LogP contribution in [0.5, 0.6) is 0 Å². The Kier molecular flexibility index (Phi) is 13.6. The van der Waals surface area contributed by atoms with E-state index >= 15 is 0 Å². The van der Waals surface area contributed by atoms with Crippen LogP contribution in [-0.4, -0.2) is 29.1 Å². The van der Waals surface area contributed by atoms with Gasteiger partial charge in [-0.1, -0.05) is 315 Å². The quantitative estimate of drug-likeness (QED) is 0.158. The molecule has 2 spiro atoms. The summed E-state index contributed by atoms with van der Waals surface area (Å²) in [7, 11) is 0. The van der Waals surface area contributed by atoms with Gasteiger partial charge in [-0.3, -0.25) is 4.57 Å². The van der Waals surface area contributed by atoms with Crippen LogP contribution in [0.1, 0.15) is 44.5 Å². The minimum absolute atomic E-state index is 0.582. The van der Waals surface area contributed by atoms with Gasteiger partial charge in [-0.15, -0.1) is 0 Å². The van der Waals surface area contributed by atoms with E-state index in [0.717, 1.165) is 94.5 Å². The monoisotopic (exact) mass is 1480 g/mol. The van der Waals surface area contributed by atoms with Gasteiger partial charge < -0.3 is 4.57 Å². The third-order valence-electron chi connectivity index (χ3n) is 24.8. The van der Waals surface area contributed by atoms with Gasteiger partial charge in [0.25, 0.3) is 0 Å². The molecule has 0 saturated carbocycles. The predicted octanol–water partition coefficient (Wildman–Crippen LogP) is 26.9. The Bertz CT molecular complexity index is 7620. The molecule has 6 nitrogen and oxygen atoms in total. The molecule has 2 aliphatic carbocycles. The average molecular weight is 1480 g/mol. The molecule has 8 heteroatoms. The highest BCUT2D eigenvalue weighted by molar-refractivity contribution is 7.99. The van der Waals surface area contributed by atoms with Crippen molar-refractivity contribution in [1.29, 1.82) is 0 Å². The average Bonchev–Trinajstić information content (AvgIpc) is 1.50. The van der Waals surface area contributed by atoms with Crippen LogP contribution in [0.3, 0.4) is 0 Å². The minimum Gasteiger partial charge on any atom is -0.309 e. The van der Waals surface area contributed by atoms with E-state index in [0.29, 0.717) is 11.8 Å². The van der Waals surface area contributed by atoms with Crippen molar-refractivity contribution < 1.29 is 0 Å². The van der Waals surface area contributed by atoms with Gasteiger partial charge in [-0.05, 0) is 184 Å². The largest absolute Gasteiger partial charge is 0.309 e. The SMILES string of the molecule is c1ccc(-c2cc(-c3cccc(-n4c5cc6c(cc5c5c7cc(-c8cccc(-c9nc(-n%10c%11cc%12c(cc%11c%11c%13ccccc%13ccc%11%10)Sc%10ccccc%10C%12%10c%11ccccc%11-c%11ccccc%11%10)nc%10ccccc9%10)c8)ccc7ccc54)Sc4ccccc4C64c5ccccc5-c5ccccc54)c3)nc(-c3ccccc3)n2)cc1. The molecule has 0 radical (unpaired) electrons. The summed E-state index contributed by atoms with van der Waals surface area (Å²) in [4.78, 5) is 27.2. The van der Waals surface area contributed by atoms with Crippen LogP contribution in [0, 0.1) is 0 Å². The molecular weight excluding hydrogens is 1420 g/mol. The van der Waals surface area contributed by atoms with Gasteiger partial charge in [-0.2, -0.15) is 0 Å². The van der Waals surface area contributed by atoms with Crippen LogP contribution < -0.4 is 0 Å². The number of rotatable bonds is 7. The molecule has 4 aliphatic rings. The number of para-hydroxylation sites is 1. The van der Waals surface area contributed by atoms with Crippen molar-refractivity contribution in [3.05, 3.63) is 421 Å². The summed E-state index contributed by atoms with van der Waals surface area (Å²) in [5.74, 6) is 1.30. The first kappa shape index (κ1) is 63.7. The molecule has 17 aromatic carbocycles. The smallest absolute Gasteiger partial charge is 0.235 e. The van der Waals surface area contributed by atoms with Crippen LogP contribution >= 0.6 is 23.5 Å². The van der Waals surface area contributed by atoms with E-state index < -0.39 is 10.8 Å². The summed E-state index contributed by atoms with van der Waals surface area (Å²) in [6.07, 6.45) is 0. The second-order valence-corrected chi connectivity index (χ2v) is 32.7. The fourth-order valence-corrected chi connectivity index (χ4v) is 22.5. The standard InChI is InChI=1S/C106H62N6S2/c1-3-26-65(27-4-1)90-62-91(108-103(107-90)66-28-5-2-6-29-66)69-31-24-33-71(56-69)111-92-53-52-64-49-50-68(57-78(64)101(92)79-58-98-87(60-94(79)111)105(85-44-18-21-47-96(85)113-98)81-40-14-9-35-73(81)74-36-10-15-41-82(74)105)67-30-23-32-70(55-67)102-77-39-13-20-46-89(77)109-104(110-102)112-93-54-51-63-25-7-8-34-72(63)100(93)80-59-99-88(61-95(80)112)106(86-45-19-22-48-97(86)114-99)83-42-16-11-37-75(83)76-38-12-17-43-84(76)106/h1-62H. The molecule has 0 unspecified atom stereocenters. The molecule has 0 N–H and O–H groups in total. The van der Waals surface area contributed by atoms with Crippen molar-refractivity contribution in [3.63, 3.8) is 0 Å². The van der Waals surface area contributed by atoms with Crippen molar-refractivity contribution in [3.8, 4) is 90.2 Å². The lowest BCUT2D eigenvalue weighted by atomic mass is 9.67. The first-order valence-electron chi connectivity index (χ1n) is 39.0. The van der Waals surface area contributed by atoms with E-state index in [4.69, 9.17) is 19.9 Å². The van der Waals surface area contributed by atoms with Gasteiger partial charge in [0.15, 0.2) is 5.82 Å².